The summed E-state index contributed by atoms with van der Waals surface area (Å²) in [6, 6.07) is 10.0. The van der Waals surface area contributed by atoms with Crippen LogP contribution in [0.3, 0.4) is 0 Å². The van der Waals surface area contributed by atoms with Gasteiger partial charge in [-0.05, 0) is 37.2 Å². The lowest BCUT2D eigenvalue weighted by Crippen LogP contribution is -2.44. The summed E-state index contributed by atoms with van der Waals surface area (Å²) < 4.78 is 27.7. The normalized spacial score (nSPS) is 28.7. The maximum atomic E-state index is 13.0. The van der Waals surface area contributed by atoms with E-state index in [2.05, 4.69) is 5.32 Å². The van der Waals surface area contributed by atoms with Crippen LogP contribution in [0.4, 0.5) is 4.79 Å². The van der Waals surface area contributed by atoms with E-state index in [-0.39, 0.29) is 17.2 Å². The lowest BCUT2D eigenvalue weighted by Gasteiger charge is -2.24. The Bertz CT molecular complexity index is 762. The van der Waals surface area contributed by atoms with Crippen LogP contribution in [0.5, 0.6) is 0 Å². The fourth-order valence-electron chi connectivity index (χ4n) is 4.78. The highest BCUT2D eigenvalue weighted by Crippen LogP contribution is 2.35. The van der Waals surface area contributed by atoms with Crippen LogP contribution in [-0.2, 0) is 16.6 Å². The molecule has 2 aliphatic heterocycles. The van der Waals surface area contributed by atoms with E-state index in [1.165, 1.54) is 12.8 Å². The van der Waals surface area contributed by atoms with Gasteiger partial charge in [0.05, 0.1) is 5.25 Å². The van der Waals surface area contributed by atoms with Crippen molar-refractivity contribution in [2.24, 2.45) is 5.92 Å². The first-order valence-corrected chi connectivity index (χ1v) is 11.6. The van der Waals surface area contributed by atoms with Crippen LogP contribution in [0.2, 0.25) is 0 Å². The number of amides is 2. The zero-order valence-electron chi connectivity index (χ0n) is 15.7. The van der Waals surface area contributed by atoms with Gasteiger partial charge in [-0.3, -0.25) is 0 Å². The first-order valence-electron chi connectivity index (χ1n) is 10.1. The van der Waals surface area contributed by atoms with Crippen molar-refractivity contribution in [2.75, 3.05) is 19.6 Å². The summed E-state index contributed by atoms with van der Waals surface area (Å²) >= 11 is 0. The Morgan fingerprint density at radius 3 is 2.48 bits per heavy atom. The van der Waals surface area contributed by atoms with Crippen molar-refractivity contribution in [3.63, 3.8) is 0 Å². The molecule has 0 bridgehead atoms. The fraction of sp³-hybridized carbons (Fsp3) is 0.650. The van der Waals surface area contributed by atoms with E-state index in [1.807, 2.05) is 35.2 Å². The minimum atomic E-state index is -3.31. The molecule has 2 atom stereocenters. The summed E-state index contributed by atoms with van der Waals surface area (Å²) in [5.74, 6) is 0.114. The van der Waals surface area contributed by atoms with E-state index in [0.717, 1.165) is 24.8 Å². The lowest BCUT2D eigenvalue weighted by molar-refractivity contribution is 0.194. The van der Waals surface area contributed by atoms with Gasteiger partial charge in [-0.15, -0.1) is 0 Å². The van der Waals surface area contributed by atoms with E-state index in [0.29, 0.717) is 38.6 Å². The zero-order valence-corrected chi connectivity index (χ0v) is 16.5. The van der Waals surface area contributed by atoms with E-state index < -0.39 is 10.0 Å². The predicted molar refractivity (Wildman–Crippen MR) is 105 cm³/mol. The highest BCUT2D eigenvalue weighted by molar-refractivity contribution is 7.90. The van der Waals surface area contributed by atoms with Gasteiger partial charge >= 0.3 is 6.03 Å². The molecule has 2 amide bonds. The smallest absolute Gasteiger partial charge is 0.317 e. The van der Waals surface area contributed by atoms with Crippen LogP contribution in [0, 0.1) is 5.92 Å². The lowest BCUT2D eigenvalue weighted by atomic mass is 10.0. The Morgan fingerprint density at radius 2 is 1.74 bits per heavy atom. The van der Waals surface area contributed by atoms with E-state index >= 15 is 0 Å². The van der Waals surface area contributed by atoms with Gasteiger partial charge in [0.2, 0.25) is 10.0 Å². The van der Waals surface area contributed by atoms with Gasteiger partial charge in [0.1, 0.15) is 0 Å². The monoisotopic (exact) mass is 391 g/mol. The predicted octanol–water partition coefficient (Wildman–Crippen LogP) is 2.56. The van der Waals surface area contributed by atoms with Gasteiger partial charge in [0, 0.05) is 32.2 Å². The molecule has 0 radical (unpaired) electrons. The number of nitrogens with zero attached hydrogens (tertiary/aromatic N) is 2. The van der Waals surface area contributed by atoms with Crippen molar-refractivity contribution in [3.8, 4) is 0 Å². The second kappa shape index (κ2) is 7.80. The Labute approximate surface area is 162 Å². The van der Waals surface area contributed by atoms with Crippen LogP contribution in [-0.4, -0.2) is 54.6 Å². The molecule has 2 saturated heterocycles. The first-order chi connectivity index (χ1) is 13.0. The van der Waals surface area contributed by atoms with Gasteiger partial charge in [0.25, 0.3) is 0 Å². The largest absolute Gasteiger partial charge is 0.335 e. The zero-order chi connectivity index (χ0) is 18.9. The average Bonchev–Trinajstić information content (AvgIpc) is 3.16. The number of carbonyl (C=O) groups is 1. The molecule has 1 saturated carbocycles. The molecule has 0 aromatic heterocycles. The van der Waals surface area contributed by atoms with Crippen LogP contribution in [0.1, 0.15) is 44.1 Å². The number of carbonyl (C=O) groups excluding carboxylic acids is 1. The van der Waals surface area contributed by atoms with Crippen LogP contribution < -0.4 is 5.32 Å². The Kier molecular flexibility index (Phi) is 5.41. The maximum Gasteiger partial charge on any atom is 0.317 e. The van der Waals surface area contributed by atoms with Gasteiger partial charge in [0.15, 0.2) is 0 Å². The molecular formula is C20H29N3O3S. The van der Waals surface area contributed by atoms with E-state index in [1.54, 1.807) is 4.31 Å². The summed E-state index contributed by atoms with van der Waals surface area (Å²) in [7, 11) is -3.31. The highest BCUT2D eigenvalue weighted by Gasteiger charge is 2.47. The van der Waals surface area contributed by atoms with E-state index in [9.17, 15) is 13.2 Å². The standard InChI is InChI=1S/C20H29N3O3S/c24-20(21-18-8-4-5-9-18)22-12-10-17-15-23(14-16-6-2-1-3-7-16)27(25,26)19(17)11-13-22/h1-3,6-7,17-19H,4-5,8-15H2,(H,21,24)/t17-,19-/m1/s1. The maximum absolute atomic E-state index is 13.0. The molecule has 1 aromatic rings. The molecule has 148 valence electrons. The SMILES string of the molecule is O=C(NC1CCCC1)N1CC[C@@H]2CN(Cc3ccccc3)S(=O)(=O)[C@@H]2CC1. The molecule has 4 rings (SSSR count). The third-order valence-electron chi connectivity index (χ3n) is 6.33. The van der Waals surface area contributed by atoms with Crippen molar-refractivity contribution < 1.29 is 13.2 Å². The van der Waals surface area contributed by atoms with Gasteiger partial charge in [-0.25, -0.2) is 13.2 Å². The van der Waals surface area contributed by atoms with Crippen LogP contribution in [0.15, 0.2) is 30.3 Å². The van der Waals surface area contributed by atoms with Crippen molar-refractivity contribution in [1.82, 2.24) is 14.5 Å². The second-order valence-corrected chi connectivity index (χ2v) is 10.3. The Balaban J connectivity index is 1.38. The third kappa shape index (κ3) is 3.99. The number of sulfonamides is 1. The number of rotatable bonds is 3. The summed E-state index contributed by atoms with van der Waals surface area (Å²) in [4.78, 5) is 14.4. The molecule has 3 fully saturated rings. The molecule has 6 nitrogen and oxygen atoms in total. The summed E-state index contributed by atoms with van der Waals surface area (Å²) in [5.41, 5.74) is 1.02. The number of likely N-dealkylation sites (tertiary alicyclic amines) is 1. The summed E-state index contributed by atoms with van der Waals surface area (Å²) in [6.07, 6.45) is 5.79. The minimum Gasteiger partial charge on any atom is -0.335 e. The number of hydrogen-bond donors (Lipinski definition) is 1. The number of nitrogens with one attached hydrogen (secondary N) is 1. The molecule has 27 heavy (non-hydrogen) atoms. The van der Waals surface area contributed by atoms with Gasteiger partial charge in [-0.2, -0.15) is 4.31 Å². The first kappa shape index (κ1) is 18.7. The Hall–Kier alpha value is -1.60. The van der Waals surface area contributed by atoms with Gasteiger partial charge in [-0.1, -0.05) is 43.2 Å². The van der Waals surface area contributed by atoms with Crippen LogP contribution >= 0.6 is 0 Å². The third-order valence-corrected chi connectivity index (χ3v) is 8.72. The molecule has 7 heteroatoms. The molecule has 1 aromatic carbocycles. The highest BCUT2D eigenvalue weighted by atomic mass is 32.2. The fourth-order valence-corrected chi connectivity index (χ4v) is 7.00. The number of urea groups is 1. The summed E-state index contributed by atoms with van der Waals surface area (Å²) in [6.45, 7) is 2.19. The average molecular weight is 392 g/mol. The van der Waals surface area contributed by atoms with Crippen LogP contribution in [0.25, 0.3) is 0 Å². The molecular weight excluding hydrogens is 362 g/mol. The number of hydrogen-bond acceptors (Lipinski definition) is 3. The number of benzene rings is 1. The Morgan fingerprint density at radius 1 is 1.04 bits per heavy atom. The number of fused-ring (bicyclic) bond motifs is 1. The van der Waals surface area contributed by atoms with Gasteiger partial charge < -0.3 is 10.2 Å². The molecule has 0 unspecified atom stereocenters. The second-order valence-electron chi connectivity index (χ2n) is 8.12. The summed E-state index contributed by atoms with van der Waals surface area (Å²) in [5, 5.41) is 2.78. The molecule has 3 aliphatic rings. The minimum absolute atomic E-state index is 0.0135. The molecule has 2 heterocycles. The topological polar surface area (TPSA) is 69.7 Å². The van der Waals surface area contributed by atoms with Crippen molar-refractivity contribution in [1.29, 1.82) is 0 Å². The van der Waals surface area contributed by atoms with Crippen molar-refractivity contribution in [3.05, 3.63) is 35.9 Å². The quantitative estimate of drug-likeness (QED) is 0.861. The van der Waals surface area contributed by atoms with Crippen molar-refractivity contribution in [2.45, 2.75) is 56.4 Å². The van der Waals surface area contributed by atoms with E-state index in [4.69, 9.17) is 0 Å². The van der Waals surface area contributed by atoms with Crippen molar-refractivity contribution >= 4 is 16.1 Å². The molecule has 0 spiro atoms. The molecule has 1 aliphatic carbocycles. The molecule has 1 N–H and O–H groups in total.